The fourth-order valence-corrected chi connectivity index (χ4v) is 1.93. The van der Waals surface area contributed by atoms with Gasteiger partial charge in [0.2, 0.25) is 0 Å². The molecule has 14 heavy (non-hydrogen) atoms. The lowest BCUT2D eigenvalue weighted by Gasteiger charge is -2.10. The van der Waals surface area contributed by atoms with Crippen molar-refractivity contribution in [3.05, 3.63) is 12.2 Å². The molecule has 0 aromatic carbocycles. The molecule has 0 saturated heterocycles. The Morgan fingerprint density at radius 1 is 1.64 bits per heavy atom. The van der Waals surface area contributed by atoms with Gasteiger partial charge in [-0.15, -0.1) is 10.2 Å². The van der Waals surface area contributed by atoms with Gasteiger partial charge in [-0.05, 0) is 24.5 Å². The van der Waals surface area contributed by atoms with Crippen LogP contribution >= 0.6 is 11.8 Å². The van der Waals surface area contributed by atoms with Crippen molar-refractivity contribution in [2.45, 2.75) is 13.5 Å². The van der Waals surface area contributed by atoms with Gasteiger partial charge < -0.3 is 9.88 Å². The zero-order valence-corrected chi connectivity index (χ0v) is 9.84. The summed E-state index contributed by atoms with van der Waals surface area (Å²) in [4.78, 5) is 0. The molecule has 0 spiro atoms. The highest BCUT2D eigenvalue weighted by atomic mass is 32.2. The minimum Gasteiger partial charge on any atom is -0.320 e. The molecule has 4 nitrogen and oxygen atoms in total. The van der Waals surface area contributed by atoms with E-state index in [1.165, 1.54) is 5.75 Å². The maximum Gasteiger partial charge on any atom is 0.146 e. The molecule has 1 unspecified atom stereocenters. The molecule has 1 heterocycles. The van der Waals surface area contributed by atoms with Crippen molar-refractivity contribution in [3.63, 3.8) is 0 Å². The Hall–Kier alpha value is -0.550. The number of nitrogens with one attached hydrogen (secondary N) is 1. The first-order chi connectivity index (χ1) is 6.74. The van der Waals surface area contributed by atoms with Gasteiger partial charge >= 0.3 is 0 Å². The predicted molar refractivity (Wildman–Crippen MR) is 60.3 cm³/mol. The Balaban J connectivity index is 2.19. The van der Waals surface area contributed by atoms with Crippen LogP contribution in [0.15, 0.2) is 6.33 Å². The fourth-order valence-electron chi connectivity index (χ4n) is 1.24. The second kappa shape index (κ2) is 6.03. The lowest BCUT2D eigenvalue weighted by Crippen LogP contribution is -2.23. The van der Waals surface area contributed by atoms with Crippen LogP contribution in [0.1, 0.15) is 12.7 Å². The maximum absolute atomic E-state index is 4.00. The number of hydrogen-bond acceptors (Lipinski definition) is 4. The number of rotatable bonds is 6. The first-order valence-corrected chi connectivity index (χ1v) is 6.16. The van der Waals surface area contributed by atoms with Crippen molar-refractivity contribution < 1.29 is 0 Å². The molecule has 0 radical (unpaired) electrons. The van der Waals surface area contributed by atoms with Crippen molar-refractivity contribution in [2.75, 3.05) is 18.6 Å². The van der Waals surface area contributed by atoms with Gasteiger partial charge in [-0.1, -0.05) is 6.92 Å². The van der Waals surface area contributed by atoms with Crippen LogP contribution < -0.4 is 5.32 Å². The van der Waals surface area contributed by atoms with E-state index in [1.54, 1.807) is 6.33 Å². The van der Waals surface area contributed by atoms with E-state index in [9.17, 15) is 0 Å². The zero-order valence-electron chi connectivity index (χ0n) is 9.03. The highest BCUT2D eigenvalue weighted by Gasteiger charge is 2.02. The topological polar surface area (TPSA) is 42.7 Å². The maximum atomic E-state index is 4.00. The van der Waals surface area contributed by atoms with Gasteiger partial charge in [-0.25, -0.2) is 0 Å². The van der Waals surface area contributed by atoms with Crippen molar-refractivity contribution in [1.82, 2.24) is 20.1 Å². The van der Waals surface area contributed by atoms with Gasteiger partial charge in [-0.3, -0.25) is 0 Å². The molecule has 0 bridgehead atoms. The normalized spacial score (nSPS) is 13.1. The molecule has 1 aromatic rings. The Bertz CT molecular complexity index is 261. The summed E-state index contributed by atoms with van der Waals surface area (Å²) in [5.41, 5.74) is 0. The van der Waals surface area contributed by atoms with E-state index < -0.39 is 0 Å². The third kappa shape index (κ3) is 3.67. The van der Waals surface area contributed by atoms with Gasteiger partial charge in [0.1, 0.15) is 12.2 Å². The molecular weight excluding hydrogens is 196 g/mol. The summed E-state index contributed by atoms with van der Waals surface area (Å²) < 4.78 is 1.94. The smallest absolute Gasteiger partial charge is 0.146 e. The van der Waals surface area contributed by atoms with Crippen molar-refractivity contribution in [3.8, 4) is 0 Å². The second-order valence-electron chi connectivity index (χ2n) is 3.55. The molecule has 0 amide bonds. The predicted octanol–water partition coefficient (Wildman–Crippen LogP) is 0.904. The molecule has 0 fully saturated rings. The Kier molecular flexibility index (Phi) is 4.97. The van der Waals surface area contributed by atoms with E-state index >= 15 is 0 Å². The first-order valence-electron chi connectivity index (χ1n) is 4.76. The Morgan fingerprint density at radius 3 is 3.00 bits per heavy atom. The Labute approximate surface area is 89.5 Å². The molecule has 1 N–H and O–H groups in total. The van der Waals surface area contributed by atoms with Crippen LogP contribution in [0.3, 0.4) is 0 Å². The summed E-state index contributed by atoms with van der Waals surface area (Å²) >= 11 is 1.89. The molecule has 0 aliphatic heterocycles. The molecule has 5 heteroatoms. The average molecular weight is 214 g/mol. The zero-order chi connectivity index (χ0) is 10.4. The van der Waals surface area contributed by atoms with Crippen molar-refractivity contribution in [2.24, 2.45) is 13.0 Å². The number of nitrogens with zero attached hydrogens (tertiary/aromatic N) is 3. The monoisotopic (exact) mass is 214 g/mol. The third-order valence-corrected chi connectivity index (χ3v) is 2.93. The fraction of sp³-hybridized carbons (Fsp3) is 0.778. The summed E-state index contributed by atoms with van der Waals surface area (Å²) in [6.45, 7) is 4.09. The van der Waals surface area contributed by atoms with E-state index in [0.717, 1.165) is 18.9 Å². The SMILES string of the molecule is CSCC(C)CNCc1nncn1C. The van der Waals surface area contributed by atoms with E-state index in [2.05, 4.69) is 28.7 Å². The molecule has 0 aliphatic carbocycles. The van der Waals surface area contributed by atoms with Gasteiger partial charge in [0.25, 0.3) is 0 Å². The van der Waals surface area contributed by atoms with E-state index in [0.29, 0.717) is 5.92 Å². The summed E-state index contributed by atoms with van der Waals surface area (Å²) in [5.74, 6) is 2.89. The van der Waals surface area contributed by atoms with Gasteiger partial charge in [0.05, 0.1) is 6.54 Å². The number of thioether (sulfide) groups is 1. The molecule has 80 valence electrons. The summed E-state index contributed by atoms with van der Waals surface area (Å²) in [7, 11) is 1.96. The molecule has 1 atom stereocenters. The quantitative estimate of drug-likeness (QED) is 0.764. The molecule has 0 aliphatic rings. The lowest BCUT2D eigenvalue weighted by atomic mass is 10.2. The van der Waals surface area contributed by atoms with Crippen LogP contribution in [0.5, 0.6) is 0 Å². The molecule has 0 saturated carbocycles. The Morgan fingerprint density at radius 2 is 2.43 bits per heavy atom. The standard InChI is InChI=1S/C9H18N4S/c1-8(6-14-3)4-10-5-9-12-11-7-13(9)2/h7-8,10H,4-6H2,1-3H3. The van der Waals surface area contributed by atoms with Crippen LogP contribution in [0.25, 0.3) is 0 Å². The first kappa shape index (κ1) is 11.5. The summed E-state index contributed by atoms with van der Waals surface area (Å²) in [6, 6.07) is 0. The van der Waals surface area contributed by atoms with Gasteiger partial charge in [-0.2, -0.15) is 11.8 Å². The molecule has 1 aromatic heterocycles. The number of aromatic nitrogens is 3. The minimum absolute atomic E-state index is 0.707. The van der Waals surface area contributed by atoms with Crippen LogP contribution in [0.2, 0.25) is 0 Å². The second-order valence-corrected chi connectivity index (χ2v) is 4.46. The largest absolute Gasteiger partial charge is 0.320 e. The van der Waals surface area contributed by atoms with Crippen LogP contribution in [-0.4, -0.2) is 33.3 Å². The van der Waals surface area contributed by atoms with Gasteiger partial charge in [0.15, 0.2) is 0 Å². The average Bonchev–Trinajstić information content (AvgIpc) is 2.52. The van der Waals surface area contributed by atoms with E-state index in [-0.39, 0.29) is 0 Å². The number of aryl methyl sites for hydroxylation is 1. The van der Waals surface area contributed by atoms with Crippen molar-refractivity contribution in [1.29, 1.82) is 0 Å². The number of hydrogen-bond donors (Lipinski definition) is 1. The van der Waals surface area contributed by atoms with Crippen LogP contribution in [-0.2, 0) is 13.6 Å². The van der Waals surface area contributed by atoms with Crippen molar-refractivity contribution >= 4 is 11.8 Å². The summed E-state index contributed by atoms with van der Waals surface area (Å²) in [5, 5.41) is 11.2. The van der Waals surface area contributed by atoms with E-state index in [1.807, 2.05) is 23.4 Å². The van der Waals surface area contributed by atoms with Gasteiger partial charge in [0, 0.05) is 7.05 Å². The van der Waals surface area contributed by atoms with Crippen LogP contribution in [0, 0.1) is 5.92 Å². The van der Waals surface area contributed by atoms with Crippen LogP contribution in [0.4, 0.5) is 0 Å². The minimum atomic E-state index is 0.707. The lowest BCUT2D eigenvalue weighted by molar-refractivity contribution is 0.542. The highest BCUT2D eigenvalue weighted by Crippen LogP contribution is 2.02. The van der Waals surface area contributed by atoms with E-state index in [4.69, 9.17) is 0 Å². The summed E-state index contributed by atoms with van der Waals surface area (Å²) in [6.07, 6.45) is 3.86. The third-order valence-electron chi connectivity index (χ3n) is 2.03. The molecular formula is C9H18N4S. The molecule has 1 rings (SSSR count). The highest BCUT2D eigenvalue weighted by molar-refractivity contribution is 7.98.